The Labute approximate surface area is 113 Å². The molecular formula is C15H20O4. The summed E-state index contributed by atoms with van der Waals surface area (Å²) in [5.41, 5.74) is 1.11. The number of hydrogen-bond donors (Lipinski definition) is 1. The van der Waals surface area contributed by atoms with Gasteiger partial charge in [0.15, 0.2) is 0 Å². The average Bonchev–Trinajstić information content (AvgIpc) is 3.18. The Balaban J connectivity index is 2.26. The largest absolute Gasteiger partial charge is 0.491 e. The molecule has 1 atom stereocenters. The van der Waals surface area contributed by atoms with E-state index in [2.05, 4.69) is 0 Å². The highest BCUT2D eigenvalue weighted by molar-refractivity contribution is 5.86. The lowest BCUT2D eigenvalue weighted by atomic mass is 9.93. The van der Waals surface area contributed by atoms with E-state index in [0.717, 1.165) is 11.1 Å². The molecule has 0 amide bonds. The monoisotopic (exact) mass is 264 g/mol. The number of carboxylic acids is 1. The number of hydrogen-bond acceptors (Lipinski definition) is 3. The first kappa shape index (κ1) is 13.9. The summed E-state index contributed by atoms with van der Waals surface area (Å²) in [5.74, 6) is -0.0999. The van der Waals surface area contributed by atoms with E-state index in [1.165, 1.54) is 0 Å². The van der Waals surface area contributed by atoms with Crippen LogP contribution >= 0.6 is 0 Å². The van der Waals surface area contributed by atoms with Crippen molar-refractivity contribution in [2.45, 2.75) is 38.2 Å². The molecule has 1 N–H and O–H groups in total. The van der Waals surface area contributed by atoms with E-state index in [9.17, 15) is 9.90 Å². The molecule has 1 aromatic carbocycles. The van der Waals surface area contributed by atoms with Crippen LogP contribution in [0.3, 0.4) is 0 Å². The fraction of sp³-hybridized carbons (Fsp3) is 0.533. The Morgan fingerprint density at radius 1 is 1.47 bits per heavy atom. The van der Waals surface area contributed by atoms with Crippen LogP contribution in [0.25, 0.3) is 0 Å². The van der Waals surface area contributed by atoms with Crippen LogP contribution in [-0.2, 0) is 14.9 Å². The summed E-state index contributed by atoms with van der Waals surface area (Å²) < 4.78 is 10.9. The number of aliphatic carboxylic acids is 1. The number of ether oxygens (including phenoxy) is 2. The van der Waals surface area contributed by atoms with E-state index in [1.54, 1.807) is 7.11 Å². The van der Waals surface area contributed by atoms with E-state index < -0.39 is 11.4 Å². The molecule has 0 bridgehead atoms. The Hall–Kier alpha value is -1.55. The molecule has 104 valence electrons. The van der Waals surface area contributed by atoms with Gasteiger partial charge in [-0.05, 0) is 32.8 Å². The number of aryl methyl sites for hydroxylation is 1. The lowest BCUT2D eigenvalue weighted by Gasteiger charge is -2.18. The van der Waals surface area contributed by atoms with Crippen LogP contribution in [0, 0.1) is 6.92 Å². The zero-order chi connectivity index (χ0) is 14.0. The van der Waals surface area contributed by atoms with Crippen molar-refractivity contribution in [1.29, 1.82) is 0 Å². The Morgan fingerprint density at radius 3 is 2.68 bits per heavy atom. The van der Waals surface area contributed by atoms with E-state index in [0.29, 0.717) is 25.2 Å². The topological polar surface area (TPSA) is 55.8 Å². The van der Waals surface area contributed by atoms with Gasteiger partial charge in [-0.3, -0.25) is 4.79 Å². The minimum atomic E-state index is -0.761. The normalized spacial score (nSPS) is 17.8. The average molecular weight is 264 g/mol. The molecule has 1 aliphatic rings. The van der Waals surface area contributed by atoms with Crippen molar-refractivity contribution in [3.8, 4) is 5.75 Å². The highest BCUT2D eigenvalue weighted by Gasteiger charge is 2.53. The Morgan fingerprint density at radius 2 is 2.16 bits per heavy atom. The first-order valence-electron chi connectivity index (χ1n) is 6.50. The van der Waals surface area contributed by atoms with E-state index >= 15 is 0 Å². The number of carbonyl (C=O) groups is 1. The summed E-state index contributed by atoms with van der Waals surface area (Å²) in [6.07, 6.45) is 1.35. The molecule has 4 nitrogen and oxygen atoms in total. The molecule has 1 aliphatic carbocycles. The third-order valence-electron chi connectivity index (χ3n) is 3.69. The summed E-state index contributed by atoms with van der Waals surface area (Å²) in [5, 5.41) is 9.42. The SMILES string of the molecule is CO[C@@H](C)COc1ccc(C)cc1C1(C(=O)O)CC1. The van der Waals surface area contributed by atoms with Crippen LogP contribution in [0.1, 0.15) is 30.9 Å². The lowest BCUT2D eigenvalue weighted by Crippen LogP contribution is -2.22. The highest BCUT2D eigenvalue weighted by Crippen LogP contribution is 2.51. The Kier molecular flexibility index (Phi) is 3.80. The molecule has 4 heteroatoms. The molecule has 2 rings (SSSR count). The molecular weight excluding hydrogens is 244 g/mol. The lowest BCUT2D eigenvalue weighted by molar-refractivity contribution is -0.140. The van der Waals surface area contributed by atoms with Crippen molar-refractivity contribution >= 4 is 5.97 Å². The first-order valence-corrected chi connectivity index (χ1v) is 6.50. The summed E-state index contributed by atoms with van der Waals surface area (Å²) in [6, 6.07) is 5.72. The van der Waals surface area contributed by atoms with Gasteiger partial charge in [0.1, 0.15) is 12.4 Å². The van der Waals surface area contributed by atoms with Gasteiger partial charge < -0.3 is 14.6 Å². The van der Waals surface area contributed by atoms with Gasteiger partial charge in [0, 0.05) is 12.7 Å². The second-order valence-corrected chi connectivity index (χ2v) is 5.24. The molecule has 0 aromatic heterocycles. The van der Waals surface area contributed by atoms with E-state index in [1.807, 2.05) is 32.0 Å². The van der Waals surface area contributed by atoms with Crippen molar-refractivity contribution in [3.63, 3.8) is 0 Å². The highest BCUT2D eigenvalue weighted by atomic mass is 16.5. The maximum Gasteiger partial charge on any atom is 0.314 e. The van der Waals surface area contributed by atoms with Gasteiger partial charge in [-0.25, -0.2) is 0 Å². The van der Waals surface area contributed by atoms with Gasteiger partial charge in [-0.15, -0.1) is 0 Å². The van der Waals surface area contributed by atoms with Gasteiger partial charge >= 0.3 is 5.97 Å². The zero-order valence-corrected chi connectivity index (χ0v) is 11.6. The van der Waals surface area contributed by atoms with Gasteiger partial charge in [0.2, 0.25) is 0 Å². The quantitative estimate of drug-likeness (QED) is 0.857. The van der Waals surface area contributed by atoms with E-state index in [4.69, 9.17) is 9.47 Å². The third kappa shape index (κ3) is 2.73. The maximum absolute atomic E-state index is 11.5. The fourth-order valence-electron chi connectivity index (χ4n) is 2.14. The minimum absolute atomic E-state index is 0.0193. The van der Waals surface area contributed by atoms with Crippen LogP contribution in [0.15, 0.2) is 18.2 Å². The second kappa shape index (κ2) is 5.21. The molecule has 1 saturated carbocycles. The molecule has 19 heavy (non-hydrogen) atoms. The molecule has 1 fully saturated rings. The summed E-state index contributed by atoms with van der Waals surface area (Å²) in [4.78, 5) is 11.5. The second-order valence-electron chi connectivity index (χ2n) is 5.24. The minimum Gasteiger partial charge on any atom is -0.491 e. The van der Waals surface area contributed by atoms with Crippen LogP contribution in [0.4, 0.5) is 0 Å². The summed E-state index contributed by atoms with van der Waals surface area (Å²) >= 11 is 0. The molecule has 0 spiro atoms. The number of benzene rings is 1. The van der Waals surface area contributed by atoms with Gasteiger partial charge in [-0.1, -0.05) is 17.7 Å². The summed E-state index contributed by atoms with van der Waals surface area (Å²) in [7, 11) is 1.63. The smallest absolute Gasteiger partial charge is 0.314 e. The van der Waals surface area contributed by atoms with Crippen LogP contribution in [0.2, 0.25) is 0 Å². The van der Waals surface area contributed by atoms with Crippen molar-refractivity contribution in [2.75, 3.05) is 13.7 Å². The molecule has 0 saturated heterocycles. The van der Waals surface area contributed by atoms with Crippen molar-refractivity contribution in [3.05, 3.63) is 29.3 Å². The van der Waals surface area contributed by atoms with Gasteiger partial charge in [0.25, 0.3) is 0 Å². The third-order valence-corrected chi connectivity index (χ3v) is 3.69. The molecule has 1 aromatic rings. The van der Waals surface area contributed by atoms with Crippen LogP contribution in [-0.4, -0.2) is 30.9 Å². The van der Waals surface area contributed by atoms with Crippen molar-refractivity contribution in [2.24, 2.45) is 0 Å². The molecule has 0 unspecified atom stereocenters. The predicted molar refractivity (Wildman–Crippen MR) is 71.7 cm³/mol. The maximum atomic E-state index is 11.5. The molecule has 0 heterocycles. The Bertz CT molecular complexity index is 477. The predicted octanol–water partition coefficient (Wildman–Crippen LogP) is 2.52. The molecule has 0 aliphatic heterocycles. The fourth-order valence-corrected chi connectivity index (χ4v) is 2.14. The van der Waals surface area contributed by atoms with E-state index in [-0.39, 0.29) is 6.10 Å². The number of carboxylic acid groups (broad SMARTS) is 1. The van der Waals surface area contributed by atoms with Crippen molar-refractivity contribution in [1.82, 2.24) is 0 Å². The van der Waals surface area contributed by atoms with Gasteiger partial charge in [0.05, 0.1) is 11.5 Å². The summed E-state index contributed by atoms with van der Waals surface area (Å²) in [6.45, 7) is 4.29. The standard InChI is InChI=1S/C15H20O4/c1-10-4-5-13(19-9-11(2)18-3)12(8-10)15(6-7-15)14(16)17/h4-5,8,11H,6-7,9H2,1-3H3,(H,16,17)/t11-/m0/s1. The number of methoxy groups -OCH3 is 1. The zero-order valence-electron chi connectivity index (χ0n) is 11.6. The van der Waals surface area contributed by atoms with Crippen molar-refractivity contribution < 1.29 is 19.4 Å². The first-order chi connectivity index (χ1) is 8.99. The molecule has 0 radical (unpaired) electrons. The number of rotatable bonds is 6. The van der Waals surface area contributed by atoms with Crippen LogP contribution < -0.4 is 4.74 Å². The van der Waals surface area contributed by atoms with Crippen LogP contribution in [0.5, 0.6) is 5.75 Å². The van der Waals surface area contributed by atoms with Gasteiger partial charge in [-0.2, -0.15) is 0 Å².